The number of carbonyl (C=O) groups is 1. The lowest BCUT2D eigenvalue weighted by Gasteiger charge is -2.21. The third kappa shape index (κ3) is 6.60. The number of non-ortho nitro benzene ring substituents is 1. The van der Waals surface area contributed by atoms with Crippen LogP contribution in [0.5, 0.6) is 0 Å². The Morgan fingerprint density at radius 3 is 2.32 bits per heavy atom. The van der Waals surface area contributed by atoms with E-state index in [9.17, 15) is 23.3 Å². The molecule has 0 saturated heterocycles. The largest absolute Gasteiger partial charge is 0.342 e. The molecule has 0 heterocycles. The number of benzene rings is 1. The second-order valence-electron chi connectivity index (χ2n) is 6.17. The van der Waals surface area contributed by atoms with Gasteiger partial charge in [0.2, 0.25) is 0 Å². The molecule has 25 heavy (non-hydrogen) atoms. The third-order valence-corrected chi connectivity index (χ3v) is 4.87. The van der Waals surface area contributed by atoms with Crippen molar-refractivity contribution in [2.75, 3.05) is 19.8 Å². The second kappa shape index (κ2) is 9.12. The highest BCUT2D eigenvalue weighted by Gasteiger charge is 2.21. The fraction of sp³-hybridized carbons (Fsp3) is 0.533. The molecule has 0 aliphatic heterocycles. The molecule has 0 saturated carbocycles. The summed E-state index contributed by atoms with van der Waals surface area (Å²) in [5.41, 5.74) is 5.47. The van der Waals surface area contributed by atoms with Gasteiger partial charge in [-0.3, -0.25) is 14.9 Å². The molecule has 8 nitrogen and oxygen atoms in total. The van der Waals surface area contributed by atoms with Gasteiger partial charge < -0.3 is 10.6 Å². The average Bonchev–Trinajstić information content (AvgIpc) is 2.49. The van der Waals surface area contributed by atoms with Crippen LogP contribution in [-0.4, -0.2) is 50.0 Å². The van der Waals surface area contributed by atoms with Crippen LogP contribution in [0.1, 0.15) is 30.6 Å². The van der Waals surface area contributed by atoms with Gasteiger partial charge in [-0.2, -0.15) is 0 Å². The molecular weight excluding hydrogens is 370 g/mol. The molecule has 0 aliphatic rings. The van der Waals surface area contributed by atoms with Crippen molar-refractivity contribution in [3.8, 4) is 0 Å². The first-order valence-corrected chi connectivity index (χ1v) is 9.33. The quantitative estimate of drug-likeness (QED) is 0.557. The van der Waals surface area contributed by atoms with Gasteiger partial charge in [-0.1, -0.05) is 13.8 Å². The van der Waals surface area contributed by atoms with Crippen LogP contribution < -0.4 is 5.73 Å². The van der Waals surface area contributed by atoms with Gasteiger partial charge in [0.05, 0.1) is 9.82 Å². The summed E-state index contributed by atoms with van der Waals surface area (Å²) in [7, 11) is -2.12. The highest BCUT2D eigenvalue weighted by atomic mass is 35.5. The molecule has 1 atom stereocenters. The summed E-state index contributed by atoms with van der Waals surface area (Å²) >= 11 is 0. The van der Waals surface area contributed by atoms with Crippen molar-refractivity contribution < 1.29 is 18.1 Å². The zero-order valence-corrected chi connectivity index (χ0v) is 16.3. The molecule has 2 N–H and O–H groups in total. The number of hydrogen-bond acceptors (Lipinski definition) is 6. The number of hydrogen-bond donors (Lipinski definition) is 1. The van der Waals surface area contributed by atoms with E-state index in [2.05, 4.69) is 0 Å². The molecule has 142 valence electrons. The predicted octanol–water partition coefficient (Wildman–Crippen LogP) is 1.87. The number of amides is 1. The molecule has 1 aromatic rings. The highest BCUT2D eigenvalue weighted by molar-refractivity contribution is 7.90. The molecule has 1 rings (SSSR count). The summed E-state index contributed by atoms with van der Waals surface area (Å²) in [4.78, 5) is 23.8. The zero-order chi connectivity index (χ0) is 18.7. The van der Waals surface area contributed by atoms with Crippen LogP contribution in [0.4, 0.5) is 5.69 Å². The van der Waals surface area contributed by atoms with E-state index in [1.807, 2.05) is 13.8 Å². The van der Waals surface area contributed by atoms with Crippen LogP contribution in [-0.2, 0) is 9.84 Å². The maximum Gasteiger partial charge on any atom is 0.271 e. The number of nitrogens with zero attached hydrogens (tertiary/aromatic N) is 2. The monoisotopic (exact) mass is 393 g/mol. The lowest BCUT2D eigenvalue weighted by Crippen LogP contribution is -2.34. The highest BCUT2D eigenvalue weighted by Crippen LogP contribution is 2.22. The Labute approximate surface area is 153 Å². The van der Waals surface area contributed by atoms with Crippen LogP contribution in [0.25, 0.3) is 0 Å². The number of carbonyl (C=O) groups excluding carboxylic acids is 1. The van der Waals surface area contributed by atoms with Crippen LogP contribution in [0.3, 0.4) is 0 Å². The van der Waals surface area contributed by atoms with Gasteiger partial charge in [-0.15, -0.1) is 12.4 Å². The first-order chi connectivity index (χ1) is 10.9. The predicted molar refractivity (Wildman–Crippen MR) is 97.8 cm³/mol. The van der Waals surface area contributed by atoms with Crippen LogP contribution in [0.2, 0.25) is 0 Å². The Balaban J connectivity index is 0.00000576. The zero-order valence-electron chi connectivity index (χ0n) is 14.6. The lowest BCUT2D eigenvalue weighted by molar-refractivity contribution is -0.385. The summed E-state index contributed by atoms with van der Waals surface area (Å²) < 4.78 is 23.4. The molecule has 0 spiro atoms. The molecule has 1 aromatic carbocycles. The van der Waals surface area contributed by atoms with Crippen LogP contribution >= 0.6 is 12.4 Å². The summed E-state index contributed by atoms with van der Waals surface area (Å²) in [6.07, 6.45) is 1.51. The summed E-state index contributed by atoms with van der Waals surface area (Å²) in [5, 5.41) is 11.0. The minimum absolute atomic E-state index is 0. The number of nitrogens with two attached hydrogens (primary N) is 1. The van der Waals surface area contributed by atoms with Gasteiger partial charge in [0.15, 0.2) is 9.84 Å². The van der Waals surface area contributed by atoms with Gasteiger partial charge in [-0.25, -0.2) is 8.42 Å². The summed E-state index contributed by atoms with van der Waals surface area (Å²) in [6, 6.07) is 3.11. The minimum atomic E-state index is -3.67. The van der Waals surface area contributed by atoms with E-state index >= 15 is 0 Å². The van der Waals surface area contributed by atoms with Crippen molar-refractivity contribution in [1.82, 2.24) is 4.90 Å². The molecule has 0 aromatic heterocycles. The van der Waals surface area contributed by atoms with Gasteiger partial charge in [0, 0.05) is 43.6 Å². The number of sulfone groups is 1. The van der Waals surface area contributed by atoms with E-state index in [-0.39, 0.29) is 34.8 Å². The molecule has 0 fully saturated rings. The van der Waals surface area contributed by atoms with Crippen molar-refractivity contribution >= 4 is 33.8 Å². The summed E-state index contributed by atoms with van der Waals surface area (Å²) in [6.45, 7) is 4.33. The van der Waals surface area contributed by atoms with Gasteiger partial charge in [-0.05, 0) is 18.4 Å². The first kappa shape index (κ1) is 23.3. The first-order valence-electron chi connectivity index (χ1n) is 7.44. The number of rotatable bonds is 7. The maximum atomic E-state index is 12.4. The molecule has 1 unspecified atom stereocenters. The number of nitro benzene ring substituents is 1. The van der Waals surface area contributed by atoms with Crippen molar-refractivity contribution in [1.29, 1.82) is 0 Å². The Bertz CT molecular complexity index is 737. The Hall–Kier alpha value is -1.71. The SMILES string of the molecule is CC(C)C(N)CCN(C)C(=O)c1cc([N+](=O)[O-])cc(S(C)(=O)=O)c1.Cl. The normalized spacial score (nSPS) is 12.4. The molecule has 0 bridgehead atoms. The number of nitro groups is 1. The lowest BCUT2D eigenvalue weighted by atomic mass is 10.0. The Morgan fingerprint density at radius 1 is 1.32 bits per heavy atom. The molecule has 1 amide bonds. The Morgan fingerprint density at radius 2 is 1.88 bits per heavy atom. The second-order valence-corrected chi connectivity index (χ2v) is 8.18. The van der Waals surface area contributed by atoms with E-state index in [1.54, 1.807) is 7.05 Å². The number of halogens is 1. The van der Waals surface area contributed by atoms with Crippen molar-refractivity contribution in [3.63, 3.8) is 0 Å². The molecule has 0 radical (unpaired) electrons. The fourth-order valence-electron chi connectivity index (χ4n) is 2.02. The Kier molecular flexibility index (Phi) is 8.49. The van der Waals surface area contributed by atoms with Gasteiger partial charge in [0.25, 0.3) is 11.6 Å². The maximum absolute atomic E-state index is 12.4. The van der Waals surface area contributed by atoms with E-state index in [4.69, 9.17) is 5.73 Å². The molecule has 0 aliphatic carbocycles. The van der Waals surface area contributed by atoms with Crippen molar-refractivity contribution in [2.45, 2.75) is 31.2 Å². The van der Waals surface area contributed by atoms with Crippen LogP contribution in [0.15, 0.2) is 23.1 Å². The van der Waals surface area contributed by atoms with E-state index in [1.165, 1.54) is 4.90 Å². The topological polar surface area (TPSA) is 124 Å². The van der Waals surface area contributed by atoms with Crippen molar-refractivity contribution in [2.24, 2.45) is 11.7 Å². The average molecular weight is 394 g/mol. The van der Waals surface area contributed by atoms with E-state index in [0.717, 1.165) is 24.5 Å². The summed E-state index contributed by atoms with van der Waals surface area (Å²) in [5.74, 6) is -0.220. The standard InChI is InChI=1S/C15H23N3O5S.ClH/c1-10(2)14(16)5-6-17(3)15(19)11-7-12(18(20)21)9-13(8-11)24(4,22)23;/h7-10,14H,5-6,16H2,1-4H3;1H. The smallest absolute Gasteiger partial charge is 0.271 e. The van der Waals surface area contributed by atoms with Crippen molar-refractivity contribution in [3.05, 3.63) is 33.9 Å². The fourth-order valence-corrected chi connectivity index (χ4v) is 2.70. The van der Waals surface area contributed by atoms with Crippen LogP contribution in [0, 0.1) is 16.0 Å². The van der Waals surface area contributed by atoms with Gasteiger partial charge >= 0.3 is 0 Å². The molecule has 10 heteroatoms. The minimum Gasteiger partial charge on any atom is -0.342 e. The third-order valence-electron chi connectivity index (χ3n) is 3.78. The van der Waals surface area contributed by atoms with E-state index in [0.29, 0.717) is 13.0 Å². The van der Waals surface area contributed by atoms with E-state index < -0.39 is 26.4 Å². The van der Waals surface area contributed by atoms with Gasteiger partial charge in [0.1, 0.15) is 0 Å². The molecular formula is C15H24ClN3O5S.